The Balaban J connectivity index is 1.98. The van der Waals surface area contributed by atoms with Gasteiger partial charge >= 0.3 is 0 Å². The Morgan fingerprint density at radius 1 is 1.29 bits per heavy atom. The van der Waals surface area contributed by atoms with Crippen molar-refractivity contribution in [2.75, 3.05) is 7.05 Å². The quantitative estimate of drug-likeness (QED) is 0.844. The Labute approximate surface area is 107 Å². The highest BCUT2D eigenvalue weighted by molar-refractivity contribution is 7.18. The SMILES string of the molecule is CCCC(CCc1nc2ccccc2s1)NC. The van der Waals surface area contributed by atoms with Crippen molar-refractivity contribution in [2.45, 2.75) is 38.6 Å². The van der Waals surface area contributed by atoms with E-state index < -0.39 is 0 Å². The molecule has 1 aromatic heterocycles. The van der Waals surface area contributed by atoms with Gasteiger partial charge in [0.15, 0.2) is 0 Å². The smallest absolute Gasteiger partial charge is 0.0939 e. The highest BCUT2D eigenvalue weighted by Crippen LogP contribution is 2.23. The fourth-order valence-corrected chi connectivity index (χ4v) is 3.09. The normalized spacial score (nSPS) is 13.1. The van der Waals surface area contributed by atoms with Crippen molar-refractivity contribution >= 4 is 21.6 Å². The van der Waals surface area contributed by atoms with E-state index in [2.05, 4.69) is 48.5 Å². The molecule has 1 unspecified atom stereocenters. The van der Waals surface area contributed by atoms with Crippen molar-refractivity contribution in [3.8, 4) is 0 Å². The van der Waals surface area contributed by atoms with Crippen molar-refractivity contribution < 1.29 is 0 Å². The summed E-state index contributed by atoms with van der Waals surface area (Å²) in [6.45, 7) is 2.24. The molecule has 2 aromatic rings. The number of nitrogens with zero attached hydrogens (tertiary/aromatic N) is 1. The maximum Gasteiger partial charge on any atom is 0.0939 e. The number of thiazole rings is 1. The molecule has 0 fully saturated rings. The van der Waals surface area contributed by atoms with Crippen LogP contribution in [0, 0.1) is 0 Å². The number of benzene rings is 1. The molecule has 2 rings (SSSR count). The van der Waals surface area contributed by atoms with E-state index in [9.17, 15) is 0 Å². The largest absolute Gasteiger partial charge is 0.317 e. The lowest BCUT2D eigenvalue weighted by atomic mass is 10.1. The van der Waals surface area contributed by atoms with Crippen molar-refractivity contribution in [3.63, 3.8) is 0 Å². The van der Waals surface area contributed by atoms with Gasteiger partial charge in [-0.2, -0.15) is 0 Å². The summed E-state index contributed by atoms with van der Waals surface area (Å²) in [5.41, 5.74) is 1.14. The Morgan fingerprint density at radius 3 is 2.82 bits per heavy atom. The van der Waals surface area contributed by atoms with E-state index in [1.54, 1.807) is 0 Å². The van der Waals surface area contributed by atoms with Crippen LogP contribution < -0.4 is 5.32 Å². The lowest BCUT2D eigenvalue weighted by Crippen LogP contribution is -2.25. The Kier molecular flexibility index (Phi) is 4.51. The zero-order chi connectivity index (χ0) is 12.1. The predicted molar refractivity (Wildman–Crippen MR) is 75.7 cm³/mol. The number of aryl methyl sites for hydroxylation is 1. The summed E-state index contributed by atoms with van der Waals surface area (Å²) < 4.78 is 1.30. The molecule has 1 atom stereocenters. The van der Waals surface area contributed by atoms with Crippen LogP contribution in [0.25, 0.3) is 10.2 Å². The molecule has 1 aromatic carbocycles. The van der Waals surface area contributed by atoms with Gasteiger partial charge in [-0.1, -0.05) is 25.5 Å². The van der Waals surface area contributed by atoms with Crippen molar-refractivity contribution in [3.05, 3.63) is 29.3 Å². The topological polar surface area (TPSA) is 24.9 Å². The maximum atomic E-state index is 4.67. The van der Waals surface area contributed by atoms with Crippen molar-refractivity contribution in [1.29, 1.82) is 0 Å². The van der Waals surface area contributed by atoms with E-state index >= 15 is 0 Å². The number of aromatic nitrogens is 1. The predicted octanol–water partition coefficient (Wildman–Crippen LogP) is 3.62. The van der Waals surface area contributed by atoms with Crippen LogP contribution in [-0.4, -0.2) is 18.1 Å². The molecule has 17 heavy (non-hydrogen) atoms. The summed E-state index contributed by atoms with van der Waals surface area (Å²) in [5, 5.41) is 4.65. The fraction of sp³-hybridized carbons (Fsp3) is 0.500. The van der Waals surface area contributed by atoms with E-state index in [4.69, 9.17) is 0 Å². The highest BCUT2D eigenvalue weighted by atomic mass is 32.1. The van der Waals surface area contributed by atoms with Gasteiger partial charge in [-0.3, -0.25) is 0 Å². The van der Waals surface area contributed by atoms with Crippen LogP contribution in [0.2, 0.25) is 0 Å². The lowest BCUT2D eigenvalue weighted by molar-refractivity contribution is 0.484. The van der Waals surface area contributed by atoms with Crippen LogP contribution in [-0.2, 0) is 6.42 Å². The zero-order valence-electron chi connectivity index (χ0n) is 10.6. The van der Waals surface area contributed by atoms with Crippen LogP contribution >= 0.6 is 11.3 Å². The summed E-state index contributed by atoms with van der Waals surface area (Å²) in [6.07, 6.45) is 4.77. The summed E-state index contributed by atoms with van der Waals surface area (Å²) in [5.74, 6) is 0. The van der Waals surface area contributed by atoms with Crippen LogP contribution in [0.5, 0.6) is 0 Å². The van der Waals surface area contributed by atoms with Gasteiger partial charge in [0.05, 0.1) is 15.2 Å². The number of para-hydroxylation sites is 1. The van der Waals surface area contributed by atoms with Gasteiger partial charge in [0.2, 0.25) is 0 Å². The van der Waals surface area contributed by atoms with Gasteiger partial charge in [0, 0.05) is 12.5 Å². The minimum Gasteiger partial charge on any atom is -0.317 e. The average molecular weight is 248 g/mol. The molecule has 0 aliphatic rings. The molecule has 0 saturated heterocycles. The number of fused-ring (bicyclic) bond motifs is 1. The summed E-state index contributed by atoms with van der Waals surface area (Å²) in [4.78, 5) is 4.67. The Bertz CT molecular complexity index is 431. The Morgan fingerprint density at radius 2 is 2.12 bits per heavy atom. The third-order valence-corrected chi connectivity index (χ3v) is 4.19. The molecular formula is C14H20N2S. The molecule has 0 spiro atoms. The second kappa shape index (κ2) is 6.12. The minimum absolute atomic E-state index is 0.631. The van der Waals surface area contributed by atoms with E-state index in [0.29, 0.717) is 6.04 Å². The molecule has 0 aliphatic carbocycles. The van der Waals surface area contributed by atoms with Crippen LogP contribution in [0.4, 0.5) is 0 Å². The third-order valence-electron chi connectivity index (χ3n) is 3.09. The molecule has 0 saturated carbocycles. The lowest BCUT2D eigenvalue weighted by Gasteiger charge is -2.13. The van der Waals surface area contributed by atoms with Crippen molar-refractivity contribution in [2.24, 2.45) is 0 Å². The molecule has 3 heteroatoms. The molecular weight excluding hydrogens is 228 g/mol. The number of hydrogen-bond acceptors (Lipinski definition) is 3. The first kappa shape index (κ1) is 12.5. The standard InChI is InChI=1S/C14H20N2S/c1-3-6-11(15-2)9-10-14-16-12-7-4-5-8-13(12)17-14/h4-5,7-8,11,15H,3,6,9-10H2,1-2H3. The monoisotopic (exact) mass is 248 g/mol. The fourth-order valence-electron chi connectivity index (χ4n) is 2.11. The van der Waals surface area contributed by atoms with E-state index in [-0.39, 0.29) is 0 Å². The van der Waals surface area contributed by atoms with Crippen LogP contribution in [0.1, 0.15) is 31.2 Å². The zero-order valence-corrected chi connectivity index (χ0v) is 11.4. The molecule has 2 nitrogen and oxygen atoms in total. The Hall–Kier alpha value is -0.930. The molecule has 92 valence electrons. The molecule has 0 bridgehead atoms. The number of hydrogen-bond donors (Lipinski definition) is 1. The van der Waals surface area contributed by atoms with Crippen LogP contribution in [0.15, 0.2) is 24.3 Å². The molecule has 0 aliphatic heterocycles. The first-order valence-corrected chi connectivity index (χ1v) is 7.17. The first-order chi connectivity index (χ1) is 8.33. The van der Waals surface area contributed by atoms with Gasteiger partial charge in [-0.05, 0) is 32.0 Å². The molecule has 1 heterocycles. The van der Waals surface area contributed by atoms with Crippen molar-refractivity contribution in [1.82, 2.24) is 10.3 Å². The molecule has 1 N–H and O–H groups in total. The summed E-state index contributed by atoms with van der Waals surface area (Å²) in [6, 6.07) is 9.01. The summed E-state index contributed by atoms with van der Waals surface area (Å²) >= 11 is 1.83. The van der Waals surface area contributed by atoms with Crippen LogP contribution in [0.3, 0.4) is 0 Å². The second-order valence-electron chi connectivity index (χ2n) is 4.39. The van der Waals surface area contributed by atoms with E-state index in [1.807, 2.05) is 11.3 Å². The van der Waals surface area contributed by atoms with Gasteiger partial charge in [-0.25, -0.2) is 4.98 Å². The summed E-state index contributed by atoms with van der Waals surface area (Å²) in [7, 11) is 2.05. The number of rotatable bonds is 6. The highest BCUT2D eigenvalue weighted by Gasteiger charge is 2.08. The number of nitrogens with one attached hydrogen (secondary N) is 1. The molecule has 0 amide bonds. The van der Waals surface area contributed by atoms with Gasteiger partial charge in [0.25, 0.3) is 0 Å². The molecule has 0 radical (unpaired) electrons. The first-order valence-electron chi connectivity index (χ1n) is 6.35. The van der Waals surface area contributed by atoms with Gasteiger partial charge in [-0.15, -0.1) is 11.3 Å². The third kappa shape index (κ3) is 3.27. The van der Waals surface area contributed by atoms with Gasteiger partial charge < -0.3 is 5.32 Å². The maximum absolute atomic E-state index is 4.67. The van der Waals surface area contributed by atoms with Gasteiger partial charge in [0.1, 0.15) is 0 Å². The minimum atomic E-state index is 0.631. The second-order valence-corrected chi connectivity index (χ2v) is 5.50. The van der Waals surface area contributed by atoms with E-state index in [1.165, 1.54) is 29.0 Å². The van der Waals surface area contributed by atoms with E-state index in [0.717, 1.165) is 11.9 Å². The average Bonchev–Trinajstić information content (AvgIpc) is 2.77.